The zero-order valence-corrected chi connectivity index (χ0v) is 20.4. The Morgan fingerprint density at radius 2 is 2.00 bits per heavy atom. The molecular formula is C23H29F2N6O4S+. The number of benzene rings is 1. The largest absolute Gasteiger partial charge is 0.428 e. The van der Waals surface area contributed by atoms with Crippen LogP contribution in [0.2, 0.25) is 0 Å². The number of aliphatic hydroxyl groups is 5. The van der Waals surface area contributed by atoms with Crippen LogP contribution in [0.15, 0.2) is 23.4 Å². The first-order valence-corrected chi connectivity index (χ1v) is 13.0. The van der Waals surface area contributed by atoms with Crippen molar-refractivity contribution in [3.8, 4) is 0 Å². The summed E-state index contributed by atoms with van der Waals surface area (Å²) in [7, 11) is 0. The monoisotopic (exact) mass is 523 g/mol. The number of hydrogen-bond acceptors (Lipinski definition) is 9. The number of halogens is 2. The molecule has 2 aliphatic rings. The third-order valence-corrected chi connectivity index (χ3v) is 7.68. The van der Waals surface area contributed by atoms with Gasteiger partial charge in [0.05, 0.1) is 6.04 Å². The Labute approximate surface area is 210 Å². The smallest absolute Gasteiger partial charge is 0.191 e. The van der Waals surface area contributed by atoms with Gasteiger partial charge in [0.15, 0.2) is 52.6 Å². The van der Waals surface area contributed by atoms with Crippen LogP contribution in [-0.4, -0.2) is 88.3 Å². The van der Waals surface area contributed by atoms with Gasteiger partial charge in [-0.1, -0.05) is 30.0 Å². The summed E-state index contributed by atoms with van der Waals surface area (Å²) in [5.41, 5.74) is 1.56. The average Bonchev–Trinajstić information content (AvgIpc) is 3.41. The minimum atomic E-state index is -1.12. The van der Waals surface area contributed by atoms with Gasteiger partial charge in [0.1, 0.15) is 12.7 Å². The van der Waals surface area contributed by atoms with E-state index in [2.05, 4.69) is 37.3 Å². The predicted octanol–water partition coefficient (Wildman–Crippen LogP) is 1.53. The average molecular weight is 524 g/mol. The van der Waals surface area contributed by atoms with Gasteiger partial charge in [0, 0.05) is 24.1 Å². The van der Waals surface area contributed by atoms with Crippen LogP contribution < -0.4 is 5.32 Å². The molecule has 2 heterocycles. The Hall–Kier alpha value is -2.45. The lowest BCUT2D eigenvalue weighted by molar-refractivity contribution is -0.160. The number of anilines is 1. The van der Waals surface area contributed by atoms with Gasteiger partial charge in [-0.3, -0.25) is 0 Å². The molecule has 13 heteroatoms. The van der Waals surface area contributed by atoms with E-state index in [1.165, 1.54) is 22.5 Å². The van der Waals surface area contributed by atoms with E-state index in [0.29, 0.717) is 34.1 Å². The van der Waals surface area contributed by atoms with Gasteiger partial charge >= 0.3 is 0 Å². The topological polar surface area (TPSA) is 142 Å². The molecule has 36 heavy (non-hydrogen) atoms. The fourth-order valence-electron chi connectivity index (χ4n) is 4.67. The number of nitrogens with zero attached hydrogens (tertiary/aromatic N) is 5. The molecule has 0 unspecified atom stereocenters. The van der Waals surface area contributed by atoms with E-state index < -0.39 is 36.0 Å². The lowest BCUT2D eigenvalue weighted by Gasteiger charge is -2.16. The van der Waals surface area contributed by atoms with E-state index >= 15 is 0 Å². The van der Waals surface area contributed by atoms with Crippen LogP contribution in [0.5, 0.6) is 0 Å². The van der Waals surface area contributed by atoms with Crippen molar-refractivity contribution >= 4 is 28.7 Å². The zero-order chi connectivity index (χ0) is 25.4. The van der Waals surface area contributed by atoms with Crippen LogP contribution in [0.1, 0.15) is 43.7 Å². The van der Waals surface area contributed by atoms with Crippen LogP contribution in [0.3, 0.4) is 0 Å². The van der Waals surface area contributed by atoms with Crippen molar-refractivity contribution in [1.29, 1.82) is 0 Å². The third-order valence-electron chi connectivity index (χ3n) is 6.62. The number of aliphatic hydroxyl groups excluding tert-OH is 3. The highest BCUT2D eigenvalue weighted by Gasteiger charge is 2.48. The maximum absolute atomic E-state index is 13.7. The molecule has 5 N–H and O–H groups in total. The van der Waals surface area contributed by atoms with Crippen LogP contribution in [0.4, 0.5) is 14.6 Å². The van der Waals surface area contributed by atoms with Crippen molar-refractivity contribution in [2.24, 2.45) is 0 Å². The fraction of sp³-hybridized carbons (Fsp3) is 0.565. The highest BCUT2D eigenvalue weighted by Crippen LogP contribution is 2.44. The molecule has 0 spiro atoms. The number of thioether (sulfide) groups is 1. The number of aromatic nitrogens is 5. The summed E-state index contributed by atoms with van der Waals surface area (Å²) in [5, 5.41) is 42.7. The van der Waals surface area contributed by atoms with E-state index in [1.54, 1.807) is 6.07 Å². The molecule has 10 nitrogen and oxygen atoms in total. The molecule has 3 aromatic rings. The van der Waals surface area contributed by atoms with Crippen molar-refractivity contribution in [2.75, 3.05) is 24.3 Å². The quantitative estimate of drug-likeness (QED) is 0.177. The van der Waals surface area contributed by atoms with Gasteiger partial charge in [-0.2, -0.15) is 0 Å². The Kier molecular flexibility index (Phi) is 7.35. The first-order valence-electron chi connectivity index (χ1n) is 12.0. The molecule has 5 rings (SSSR count). The molecule has 0 amide bonds. The molecule has 6 atom stereocenters. The maximum atomic E-state index is 13.7. The molecule has 2 fully saturated rings. The normalized spacial score (nSPS) is 27.6. The van der Waals surface area contributed by atoms with E-state index in [0.717, 1.165) is 24.7 Å². The minimum Gasteiger partial charge on any atom is -0.428 e. The second-order valence-electron chi connectivity index (χ2n) is 9.16. The lowest BCUT2D eigenvalue weighted by Crippen LogP contribution is -2.35. The summed E-state index contributed by atoms with van der Waals surface area (Å²) in [6, 6.07) is 3.31. The van der Waals surface area contributed by atoms with Crippen LogP contribution >= 0.6 is 11.8 Å². The van der Waals surface area contributed by atoms with E-state index in [4.69, 9.17) is 5.11 Å². The van der Waals surface area contributed by atoms with Crippen LogP contribution in [0, 0.1) is 11.6 Å². The highest BCUT2D eigenvalue weighted by atomic mass is 32.2. The van der Waals surface area contributed by atoms with Crippen molar-refractivity contribution in [2.45, 2.75) is 67.7 Å². The molecule has 2 aliphatic carbocycles. The first kappa shape index (κ1) is 25.2. The summed E-state index contributed by atoms with van der Waals surface area (Å²) in [6.45, 7) is 2.09. The van der Waals surface area contributed by atoms with Gasteiger partial charge in [0.2, 0.25) is 0 Å². The number of hydrogen-bond donors (Lipinski definition) is 4. The Bertz CT molecular complexity index is 1230. The standard InChI is InChI=1S/C23H28F2N6O4S/c1-2-7-36-23-27-21(26-15-9-12(15)11-3-4-13(24)14(25)8-11)18-22(28-23)31(30-29-18)16-10-17(35-6-5-32)20(34)19(16)33/h3-4,8,12,15-17,19-20,32-34H,2,5-7,9-10H2,1H3,(H,26,27,28)/p+1/t12-,15+,16+,17-,19-,20+/m0/s1. The molecule has 0 bridgehead atoms. The van der Waals surface area contributed by atoms with E-state index in [9.17, 15) is 19.0 Å². The lowest BCUT2D eigenvalue weighted by atomic mass is 10.1. The summed E-state index contributed by atoms with van der Waals surface area (Å²) >= 11 is 1.48. The van der Waals surface area contributed by atoms with Gasteiger partial charge < -0.3 is 25.4 Å². The molecule has 2 aromatic heterocycles. The molecule has 2 saturated carbocycles. The molecule has 0 aliphatic heterocycles. The number of nitrogens with one attached hydrogen (secondary N) is 1. The molecule has 194 valence electrons. The molecule has 0 saturated heterocycles. The number of rotatable bonds is 10. The minimum absolute atomic E-state index is 0.00704. The van der Waals surface area contributed by atoms with Gasteiger partial charge in [-0.25, -0.2) is 23.4 Å². The van der Waals surface area contributed by atoms with E-state index in [1.807, 2.05) is 0 Å². The Morgan fingerprint density at radius 3 is 2.75 bits per heavy atom. The third kappa shape index (κ3) is 4.90. The van der Waals surface area contributed by atoms with Crippen LogP contribution in [0.25, 0.3) is 11.2 Å². The van der Waals surface area contributed by atoms with Crippen molar-refractivity contribution in [1.82, 2.24) is 25.0 Å². The summed E-state index contributed by atoms with van der Waals surface area (Å²) < 4.78 is 32.8. The maximum Gasteiger partial charge on any atom is 0.191 e. The van der Waals surface area contributed by atoms with E-state index in [-0.39, 0.29) is 25.2 Å². The highest BCUT2D eigenvalue weighted by molar-refractivity contribution is 7.99. The molecule has 1 aromatic carbocycles. The van der Waals surface area contributed by atoms with Gasteiger partial charge in [0.25, 0.3) is 0 Å². The number of fused-ring (bicyclic) bond motifs is 1. The van der Waals surface area contributed by atoms with Crippen molar-refractivity contribution in [3.05, 3.63) is 35.4 Å². The summed E-state index contributed by atoms with van der Waals surface area (Å²) in [4.78, 5) is 9.29. The number of ether oxygens (including phenoxy) is 1. The van der Waals surface area contributed by atoms with Crippen molar-refractivity contribution in [3.63, 3.8) is 0 Å². The van der Waals surface area contributed by atoms with Crippen molar-refractivity contribution < 1.29 is 28.8 Å². The summed E-state index contributed by atoms with van der Waals surface area (Å²) in [5.74, 6) is -0.450. The molecular weight excluding hydrogens is 494 g/mol. The SMILES string of the molecule is CCCSc1nc(N[C@@H]2C[C@H]2c2ccc(F)c(F)c2)c2nnn([C@@H]3C[C@H]([OH+]CCO)[C@@H](O)[C@H]3O)c2n1. The molecule has 0 radical (unpaired) electrons. The van der Waals surface area contributed by atoms with Gasteiger partial charge in [-0.05, 0) is 30.5 Å². The Balaban J connectivity index is 1.43. The second kappa shape index (κ2) is 10.5. The first-order chi connectivity index (χ1) is 17.4. The van der Waals surface area contributed by atoms with Crippen LogP contribution in [-0.2, 0) is 0 Å². The predicted molar refractivity (Wildman–Crippen MR) is 129 cm³/mol. The van der Waals surface area contributed by atoms with Gasteiger partial charge in [-0.15, -0.1) is 5.10 Å². The fourth-order valence-corrected chi connectivity index (χ4v) is 5.36. The Morgan fingerprint density at radius 1 is 1.17 bits per heavy atom. The second-order valence-corrected chi connectivity index (χ2v) is 10.2. The summed E-state index contributed by atoms with van der Waals surface area (Å²) in [6.07, 6.45) is -0.767. The zero-order valence-electron chi connectivity index (χ0n) is 19.6.